The number of hydrogen-bond acceptors (Lipinski definition) is 1. The van der Waals surface area contributed by atoms with Crippen LogP contribution in [0.1, 0.15) is 31.9 Å². The largest absolute Gasteiger partial charge is 0.310 e. The molecule has 0 amide bonds. The van der Waals surface area contributed by atoms with Gasteiger partial charge in [-0.3, -0.25) is 0 Å². The van der Waals surface area contributed by atoms with Gasteiger partial charge < -0.3 is 9.47 Å². The molecule has 0 radical (unpaired) electrons. The topological polar surface area (TPSA) is 8.17 Å². The molecule has 0 unspecified atom stereocenters. The number of anilines is 3. The molecule has 0 saturated heterocycles. The van der Waals surface area contributed by atoms with E-state index in [2.05, 4.69) is 221 Å². The number of para-hydroxylation sites is 1. The average molecular weight is 753 g/mol. The zero-order chi connectivity index (χ0) is 39.2. The fraction of sp³-hybridized carbons (Fsp3) is 0.148. The van der Waals surface area contributed by atoms with E-state index in [-0.39, 0.29) is 5.41 Å². The second-order valence-electron chi connectivity index (χ2n) is 18.0. The van der Waals surface area contributed by atoms with Gasteiger partial charge in [0.1, 0.15) is 0 Å². The maximum Gasteiger partial charge on any atom is 0.0775 e. The van der Waals surface area contributed by atoms with Crippen molar-refractivity contribution in [2.45, 2.75) is 52.8 Å². The van der Waals surface area contributed by atoms with Gasteiger partial charge in [0.15, 0.2) is 0 Å². The first-order valence-corrected chi connectivity index (χ1v) is 23.8. The summed E-state index contributed by atoms with van der Waals surface area (Å²) in [4.78, 5) is 2.52. The van der Waals surface area contributed by atoms with Crippen LogP contribution in [0.15, 0.2) is 164 Å². The molecule has 1 heterocycles. The Morgan fingerprint density at radius 3 is 1.89 bits per heavy atom. The van der Waals surface area contributed by atoms with Crippen LogP contribution in [0.5, 0.6) is 0 Å². The van der Waals surface area contributed by atoms with Crippen LogP contribution in [0.2, 0.25) is 19.6 Å². The molecule has 278 valence electrons. The van der Waals surface area contributed by atoms with E-state index >= 15 is 0 Å². The number of aryl methyl sites for hydroxylation is 1. The molecule has 57 heavy (non-hydrogen) atoms. The molecule has 10 rings (SSSR count). The summed E-state index contributed by atoms with van der Waals surface area (Å²) in [6, 6.07) is 61.9. The lowest BCUT2D eigenvalue weighted by Crippen LogP contribution is -2.37. The highest BCUT2D eigenvalue weighted by Crippen LogP contribution is 2.46. The van der Waals surface area contributed by atoms with Crippen molar-refractivity contribution < 1.29 is 0 Å². The quantitative estimate of drug-likeness (QED) is 0.121. The zero-order valence-electron chi connectivity index (χ0n) is 34.0. The van der Waals surface area contributed by atoms with E-state index in [1.807, 2.05) is 0 Å². The molecule has 0 aliphatic carbocycles. The first-order chi connectivity index (χ1) is 27.4. The molecule has 0 aliphatic heterocycles. The SMILES string of the molecule is Cc1ccc2c3ccccc3n(-c3ccc(-c4cc(N(c5ccc([Si](C)(C)C)cc5)c5cc6cccc7ccc8cccc5c8c76)cc(C(C)(C)C)c4)cc3)c2c1. The van der Waals surface area contributed by atoms with Gasteiger partial charge in [-0.25, -0.2) is 0 Å². The van der Waals surface area contributed by atoms with E-state index < -0.39 is 8.07 Å². The second kappa shape index (κ2) is 12.9. The monoisotopic (exact) mass is 752 g/mol. The zero-order valence-corrected chi connectivity index (χ0v) is 35.0. The number of hydrogen-bond donors (Lipinski definition) is 0. The predicted octanol–water partition coefficient (Wildman–Crippen LogP) is 15.0. The number of nitrogens with zero attached hydrogens (tertiary/aromatic N) is 2. The molecule has 9 aromatic carbocycles. The van der Waals surface area contributed by atoms with Crippen LogP contribution in [0.3, 0.4) is 0 Å². The molecule has 0 spiro atoms. The average Bonchev–Trinajstić information content (AvgIpc) is 3.53. The van der Waals surface area contributed by atoms with Crippen molar-refractivity contribution in [1.29, 1.82) is 0 Å². The molecule has 0 atom stereocenters. The van der Waals surface area contributed by atoms with Crippen molar-refractivity contribution in [3.05, 3.63) is 175 Å². The number of aromatic nitrogens is 1. The first kappa shape index (κ1) is 35.3. The number of rotatable bonds is 6. The molecule has 0 saturated carbocycles. The van der Waals surface area contributed by atoms with Crippen molar-refractivity contribution in [2.75, 3.05) is 4.90 Å². The fourth-order valence-electron chi connectivity index (χ4n) is 8.97. The second-order valence-corrected chi connectivity index (χ2v) is 23.1. The summed E-state index contributed by atoms with van der Waals surface area (Å²) in [5.41, 5.74) is 12.1. The minimum Gasteiger partial charge on any atom is -0.310 e. The van der Waals surface area contributed by atoms with Crippen LogP contribution < -0.4 is 10.1 Å². The molecular formula is C54H48N2Si. The highest BCUT2D eigenvalue weighted by atomic mass is 28.3. The van der Waals surface area contributed by atoms with Gasteiger partial charge in [-0.1, -0.05) is 155 Å². The minimum atomic E-state index is -1.51. The van der Waals surface area contributed by atoms with Gasteiger partial charge in [-0.05, 0) is 116 Å². The Hall–Kier alpha value is -6.16. The van der Waals surface area contributed by atoms with Crippen molar-refractivity contribution in [3.8, 4) is 16.8 Å². The summed E-state index contributed by atoms with van der Waals surface area (Å²) in [5.74, 6) is 0. The van der Waals surface area contributed by atoms with E-state index in [4.69, 9.17) is 0 Å². The Labute approximate surface area is 337 Å². The van der Waals surface area contributed by atoms with Crippen molar-refractivity contribution in [2.24, 2.45) is 0 Å². The van der Waals surface area contributed by atoms with Gasteiger partial charge in [-0.2, -0.15) is 0 Å². The summed E-state index contributed by atoms with van der Waals surface area (Å²) in [5, 5.41) is 11.8. The Bertz CT molecular complexity index is 3140. The van der Waals surface area contributed by atoms with Crippen LogP contribution in [0.4, 0.5) is 17.1 Å². The van der Waals surface area contributed by atoms with Crippen molar-refractivity contribution in [1.82, 2.24) is 4.57 Å². The lowest BCUT2D eigenvalue weighted by molar-refractivity contribution is 0.590. The summed E-state index contributed by atoms with van der Waals surface area (Å²) < 4.78 is 2.42. The molecule has 2 nitrogen and oxygen atoms in total. The van der Waals surface area contributed by atoms with Crippen LogP contribution in [0.25, 0.3) is 70.9 Å². The predicted molar refractivity (Wildman–Crippen MR) is 251 cm³/mol. The maximum absolute atomic E-state index is 2.52. The standard InChI is InChI=1S/C54H48N2Si/c1-35-18-29-47-46-15-8-9-17-49(46)56(50(47)30-35)43-23-21-36(22-24-43)40-31-41(54(2,3)4)34-44(32-40)55(42-25-27-45(28-26-42)57(5,6)7)51-33-39-14-10-12-37-19-20-38-13-11-16-48(51)53(38)52(37)39/h8-34H,1-7H3. The third-order valence-corrected chi connectivity index (χ3v) is 14.1. The van der Waals surface area contributed by atoms with Crippen LogP contribution in [-0.4, -0.2) is 12.6 Å². The van der Waals surface area contributed by atoms with E-state index in [1.165, 1.54) is 98.6 Å². The minimum absolute atomic E-state index is 0.0714. The molecule has 3 heteroatoms. The van der Waals surface area contributed by atoms with E-state index in [9.17, 15) is 0 Å². The Morgan fingerprint density at radius 1 is 0.491 bits per heavy atom. The Morgan fingerprint density at radius 2 is 1.16 bits per heavy atom. The molecule has 0 fully saturated rings. The highest BCUT2D eigenvalue weighted by molar-refractivity contribution is 6.88. The molecule has 10 aromatic rings. The third-order valence-electron chi connectivity index (χ3n) is 12.0. The van der Waals surface area contributed by atoms with Crippen LogP contribution in [0, 0.1) is 6.92 Å². The summed E-state index contributed by atoms with van der Waals surface area (Å²) >= 11 is 0. The van der Waals surface area contributed by atoms with Gasteiger partial charge >= 0.3 is 0 Å². The first-order valence-electron chi connectivity index (χ1n) is 20.3. The molecule has 0 aliphatic rings. The highest BCUT2D eigenvalue weighted by Gasteiger charge is 2.24. The smallest absolute Gasteiger partial charge is 0.0775 e. The van der Waals surface area contributed by atoms with Gasteiger partial charge in [0, 0.05) is 33.2 Å². The van der Waals surface area contributed by atoms with Crippen molar-refractivity contribution >= 4 is 84.4 Å². The lowest BCUT2D eigenvalue weighted by atomic mass is 9.84. The molecule has 0 N–H and O–H groups in total. The van der Waals surface area contributed by atoms with Gasteiger partial charge in [0.2, 0.25) is 0 Å². The normalized spacial score (nSPS) is 12.5. The van der Waals surface area contributed by atoms with Gasteiger partial charge in [-0.15, -0.1) is 0 Å². The summed E-state index contributed by atoms with van der Waals surface area (Å²) in [7, 11) is -1.51. The van der Waals surface area contributed by atoms with E-state index in [0.717, 1.165) is 5.69 Å². The van der Waals surface area contributed by atoms with Crippen LogP contribution >= 0.6 is 0 Å². The van der Waals surface area contributed by atoms with E-state index in [0.29, 0.717) is 0 Å². The van der Waals surface area contributed by atoms with Gasteiger partial charge in [0.05, 0.1) is 24.8 Å². The van der Waals surface area contributed by atoms with Crippen LogP contribution in [-0.2, 0) is 5.41 Å². The molecule has 0 bridgehead atoms. The summed E-state index contributed by atoms with van der Waals surface area (Å²) in [6.45, 7) is 16.4. The van der Waals surface area contributed by atoms with Gasteiger partial charge in [0.25, 0.3) is 0 Å². The number of fused-ring (bicyclic) bond motifs is 3. The number of benzene rings is 9. The maximum atomic E-state index is 2.52. The Balaban J connectivity index is 1.19. The Kier molecular flexibility index (Phi) is 8.01. The lowest BCUT2D eigenvalue weighted by Gasteiger charge is -2.31. The summed E-state index contributed by atoms with van der Waals surface area (Å²) in [6.07, 6.45) is 0. The van der Waals surface area contributed by atoms with Crippen molar-refractivity contribution in [3.63, 3.8) is 0 Å². The molecule has 1 aromatic heterocycles. The van der Waals surface area contributed by atoms with E-state index in [1.54, 1.807) is 0 Å². The third kappa shape index (κ3) is 5.92. The molecular weight excluding hydrogens is 705 g/mol. The fourth-order valence-corrected chi connectivity index (χ4v) is 10.1.